The first kappa shape index (κ1) is 15.4. The summed E-state index contributed by atoms with van der Waals surface area (Å²) in [6.45, 7) is 1.70. The average molecular weight is 273 g/mol. The van der Waals surface area contributed by atoms with E-state index in [1.54, 1.807) is 0 Å². The number of rotatable bonds is 9. The molecule has 0 saturated heterocycles. The molecule has 0 unspecified atom stereocenters. The summed E-state index contributed by atoms with van der Waals surface area (Å²) in [6.07, 6.45) is 0. The molecule has 0 aliphatic carbocycles. The van der Waals surface area contributed by atoms with Crippen LogP contribution in [0.25, 0.3) is 0 Å². The Morgan fingerprint density at radius 3 is 2.63 bits per heavy atom. The second kappa shape index (κ2) is 8.46. The molecule has 108 valence electrons. The van der Waals surface area contributed by atoms with E-state index in [0.717, 1.165) is 0 Å². The van der Waals surface area contributed by atoms with Crippen molar-refractivity contribution in [3.63, 3.8) is 0 Å². The minimum Gasteiger partial charge on any atom is -0.468 e. The Bertz CT molecular complexity index is 435. The van der Waals surface area contributed by atoms with Crippen LogP contribution in [0.15, 0.2) is 10.9 Å². The molecule has 0 aliphatic rings. The molecule has 19 heavy (non-hydrogen) atoms. The predicted octanol–water partition coefficient (Wildman–Crippen LogP) is -1.14. The lowest BCUT2D eigenvalue weighted by atomic mass is 10.5. The minimum absolute atomic E-state index is 0.0102. The van der Waals surface area contributed by atoms with Crippen LogP contribution in [0.1, 0.15) is 0 Å². The van der Waals surface area contributed by atoms with E-state index >= 15 is 0 Å². The van der Waals surface area contributed by atoms with Gasteiger partial charge in [-0.3, -0.25) is 9.36 Å². The molecular formula is C11H19N3O5. The van der Waals surface area contributed by atoms with Crippen molar-refractivity contribution in [2.75, 3.05) is 45.9 Å². The quantitative estimate of drug-likeness (QED) is 0.547. The SMILES string of the molecule is COc1nc(N)cc(=O)n1CCOCCOCCO. The van der Waals surface area contributed by atoms with Crippen LogP contribution in [0.2, 0.25) is 0 Å². The number of ether oxygens (including phenoxy) is 3. The van der Waals surface area contributed by atoms with Crippen LogP contribution >= 0.6 is 0 Å². The van der Waals surface area contributed by atoms with Gasteiger partial charge in [0.05, 0.1) is 46.7 Å². The van der Waals surface area contributed by atoms with E-state index in [0.29, 0.717) is 33.0 Å². The zero-order valence-corrected chi connectivity index (χ0v) is 10.9. The number of hydrogen-bond donors (Lipinski definition) is 2. The van der Waals surface area contributed by atoms with Crippen LogP contribution in [0, 0.1) is 0 Å². The Kier molecular flexibility index (Phi) is 6.86. The first-order valence-electron chi connectivity index (χ1n) is 5.86. The van der Waals surface area contributed by atoms with Crippen LogP contribution in [-0.4, -0.2) is 54.8 Å². The van der Waals surface area contributed by atoms with Crippen LogP contribution in [0.4, 0.5) is 5.82 Å². The Morgan fingerprint density at radius 1 is 1.32 bits per heavy atom. The van der Waals surface area contributed by atoms with Gasteiger partial charge in [0, 0.05) is 6.07 Å². The number of nitrogens with two attached hydrogens (primary N) is 1. The van der Waals surface area contributed by atoms with Gasteiger partial charge in [0.2, 0.25) is 0 Å². The van der Waals surface area contributed by atoms with E-state index in [4.69, 9.17) is 25.1 Å². The third-order valence-electron chi connectivity index (χ3n) is 2.24. The normalized spacial score (nSPS) is 10.6. The second-order valence-corrected chi connectivity index (χ2v) is 3.61. The average Bonchev–Trinajstić information content (AvgIpc) is 2.39. The highest BCUT2D eigenvalue weighted by Gasteiger charge is 2.07. The summed E-state index contributed by atoms with van der Waals surface area (Å²) < 4.78 is 16.6. The smallest absolute Gasteiger partial charge is 0.300 e. The molecule has 0 radical (unpaired) electrons. The van der Waals surface area contributed by atoms with Gasteiger partial charge in [-0.2, -0.15) is 4.98 Å². The third kappa shape index (κ3) is 5.25. The van der Waals surface area contributed by atoms with Gasteiger partial charge < -0.3 is 25.1 Å². The minimum atomic E-state index is -0.288. The molecule has 0 bridgehead atoms. The molecule has 0 atom stereocenters. The van der Waals surface area contributed by atoms with Gasteiger partial charge in [-0.05, 0) is 0 Å². The Morgan fingerprint density at radius 2 is 2.00 bits per heavy atom. The molecule has 3 N–H and O–H groups in total. The van der Waals surface area contributed by atoms with Crippen molar-refractivity contribution >= 4 is 5.82 Å². The van der Waals surface area contributed by atoms with Gasteiger partial charge in [-0.1, -0.05) is 0 Å². The molecule has 0 aliphatic heterocycles. The number of aliphatic hydroxyl groups excluding tert-OH is 1. The molecule has 1 heterocycles. The summed E-state index contributed by atoms with van der Waals surface area (Å²) in [5, 5.41) is 8.49. The maximum absolute atomic E-state index is 11.7. The highest BCUT2D eigenvalue weighted by molar-refractivity contribution is 5.27. The van der Waals surface area contributed by atoms with Crippen molar-refractivity contribution in [1.29, 1.82) is 0 Å². The van der Waals surface area contributed by atoms with Crippen LogP contribution < -0.4 is 16.0 Å². The summed E-state index contributed by atoms with van der Waals surface area (Å²) in [5.41, 5.74) is 5.17. The Balaban J connectivity index is 2.39. The molecule has 1 aromatic heterocycles. The van der Waals surface area contributed by atoms with Crippen LogP contribution in [0.5, 0.6) is 6.01 Å². The van der Waals surface area contributed by atoms with E-state index < -0.39 is 0 Å². The predicted molar refractivity (Wildman–Crippen MR) is 68.2 cm³/mol. The maximum atomic E-state index is 11.7. The molecule has 8 nitrogen and oxygen atoms in total. The number of aromatic nitrogens is 2. The third-order valence-corrected chi connectivity index (χ3v) is 2.24. The van der Waals surface area contributed by atoms with E-state index in [1.165, 1.54) is 17.7 Å². The van der Waals surface area contributed by atoms with Gasteiger partial charge >= 0.3 is 6.01 Å². The number of anilines is 1. The van der Waals surface area contributed by atoms with Crippen LogP contribution in [-0.2, 0) is 16.0 Å². The van der Waals surface area contributed by atoms with Gasteiger partial charge in [0.1, 0.15) is 5.82 Å². The summed E-state index contributed by atoms with van der Waals surface area (Å²) >= 11 is 0. The summed E-state index contributed by atoms with van der Waals surface area (Å²) in [7, 11) is 1.42. The van der Waals surface area contributed by atoms with E-state index in [1.807, 2.05) is 0 Å². The molecular weight excluding hydrogens is 254 g/mol. The monoisotopic (exact) mass is 273 g/mol. The lowest BCUT2D eigenvalue weighted by Gasteiger charge is -2.11. The maximum Gasteiger partial charge on any atom is 0.300 e. The van der Waals surface area contributed by atoms with Crippen molar-refractivity contribution in [3.05, 3.63) is 16.4 Å². The van der Waals surface area contributed by atoms with Crippen molar-refractivity contribution in [1.82, 2.24) is 9.55 Å². The molecule has 0 saturated carbocycles. The molecule has 0 fully saturated rings. The largest absolute Gasteiger partial charge is 0.468 e. The van der Waals surface area contributed by atoms with Gasteiger partial charge in [-0.25, -0.2) is 0 Å². The molecule has 0 spiro atoms. The topological polar surface area (TPSA) is 109 Å². The van der Waals surface area contributed by atoms with Gasteiger partial charge in [0.25, 0.3) is 5.56 Å². The van der Waals surface area contributed by atoms with Crippen molar-refractivity contribution in [2.45, 2.75) is 6.54 Å². The zero-order chi connectivity index (χ0) is 14.1. The number of methoxy groups -OCH3 is 1. The van der Waals surface area contributed by atoms with E-state index in [-0.39, 0.29) is 24.0 Å². The molecule has 0 amide bonds. The fourth-order valence-electron chi connectivity index (χ4n) is 1.41. The second-order valence-electron chi connectivity index (χ2n) is 3.61. The van der Waals surface area contributed by atoms with E-state index in [9.17, 15) is 4.79 Å². The first-order valence-corrected chi connectivity index (χ1v) is 5.86. The standard InChI is InChI=1S/C11H19N3O5/c1-17-11-13-9(12)8-10(16)14(11)2-4-18-6-7-19-5-3-15/h8,15H,2-7,12H2,1H3. The number of aliphatic hydroxyl groups is 1. The zero-order valence-electron chi connectivity index (χ0n) is 10.9. The van der Waals surface area contributed by atoms with Crippen molar-refractivity contribution < 1.29 is 19.3 Å². The summed E-state index contributed by atoms with van der Waals surface area (Å²) in [5.74, 6) is 0.122. The molecule has 0 aromatic carbocycles. The highest BCUT2D eigenvalue weighted by atomic mass is 16.5. The molecule has 8 heteroatoms. The molecule has 1 rings (SSSR count). The summed E-state index contributed by atoms with van der Waals surface area (Å²) in [4.78, 5) is 15.6. The van der Waals surface area contributed by atoms with Crippen molar-refractivity contribution in [2.24, 2.45) is 0 Å². The van der Waals surface area contributed by atoms with Gasteiger partial charge in [0.15, 0.2) is 0 Å². The number of nitrogens with zero attached hydrogens (tertiary/aromatic N) is 2. The number of nitrogen functional groups attached to an aromatic ring is 1. The van der Waals surface area contributed by atoms with Crippen LogP contribution in [0.3, 0.4) is 0 Å². The highest BCUT2D eigenvalue weighted by Crippen LogP contribution is 2.05. The lowest BCUT2D eigenvalue weighted by Crippen LogP contribution is -2.25. The lowest BCUT2D eigenvalue weighted by molar-refractivity contribution is 0.0303. The van der Waals surface area contributed by atoms with Gasteiger partial charge in [-0.15, -0.1) is 0 Å². The van der Waals surface area contributed by atoms with Crippen molar-refractivity contribution in [3.8, 4) is 6.01 Å². The fourth-order valence-corrected chi connectivity index (χ4v) is 1.41. The first-order chi connectivity index (χ1) is 9.19. The summed E-state index contributed by atoms with van der Waals surface area (Å²) in [6, 6.07) is 1.39. The number of hydrogen-bond acceptors (Lipinski definition) is 7. The Hall–Kier alpha value is -1.64. The van der Waals surface area contributed by atoms with E-state index in [2.05, 4.69) is 4.98 Å². The molecule has 1 aromatic rings. The Labute approximate surface area is 110 Å². The fraction of sp³-hybridized carbons (Fsp3) is 0.636.